The molecule has 0 saturated carbocycles. The monoisotopic (exact) mass is 284 g/mol. The van der Waals surface area contributed by atoms with Crippen molar-refractivity contribution in [2.45, 2.75) is 39.7 Å². The SMILES string of the molecule is CCC(C)CC(C)n1c(=S)[nH]c2c(F)cc(F)cc21. The highest BCUT2D eigenvalue weighted by atomic mass is 32.1. The Labute approximate surface area is 116 Å². The summed E-state index contributed by atoms with van der Waals surface area (Å²) < 4.78 is 29.3. The van der Waals surface area contributed by atoms with Crippen LogP contribution in [0.5, 0.6) is 0 Å². The van der Waals surface area contributed by atoms with Crippen molar-refractivity contribution in [3.8, 4) is 0 Å². The van der Waals surface area contributed by atoms with E-state index in [-0.39, 0.29) is 11.6 Å². The van der Waals surface area contributed by atoms with Crippen molar-refractivity contribution < 1.29 is 8.78 Å². The third-order valence-corrected chi connectivity index (χ3v) is 3.92. The van der Waals surface area contributed by atoms with E-state index in [0.29, 0.717) is 16.2 Å². The van der Waals surface area contributed by atoms with Gasteiger partial charge in [0, 0.05) is 12.1 Å². The van der Waals surface area contributed by atoms with Gasteiger partial charge in [0.2, 0.25) is 0 Å². The van der Waals surface area contributed by atoms with Gasteiger partial charge < -0.3 is 9.55 Å². The van der Waals surface area contributed by atoms with Gasteiger partial charge in [-0.15, -0.1) is 0 Å². The molecule has 0 aliphatic heterocycles. The van der Waals surface area contributed by atoms with Gasteiger partial charge in [0.05, 0.1) is 5.52 Å². The highest BCUT2D eigenvalue weighted by molar-refractivity contribution is 7.71. The number of nitrogens with one attached hydrogen (secondary N) is 1. The minimum Gasteiger partial charge on any atom is -0.328 e. The molecule has 1 aromatic carbocycles. The summed E-state index contributed by atoms with van der Waals surface area (Å²) in [7, 11) is 0. The van der Waals surface area contributed by atoms with Gasteiger partial charge in [0.25, 0.3) is 0 Å². The normalized spacial score (nSPS) is 14.8. The van der Waals surface area contributed by atoms with Crippen molar-refractivity contribution >= 4 is 23.3 Å². The number of hydrogen-bond acceptors (Lipinski definition) is 1. The maximum atomic E-state index is 13.7. The summed E-state index contributed by atoms with van der Waals surface area (Å²) in [4.78, 5) is 2.83. The molecule has 0 saturated heterocycles. The molecule has 5 heteroatoms. The molecule has 2 rings (SSSR count). The number of H-pyrrole nitrogens is 1. The first-order valence-corrected chi connectivity index (χ1v) is 6.94. The molecule has 2 unspecified atom stereocenters. The second-order valence-corrected chi connectivity index (χ2v) is 5.57. The van der Waals surface area contributed by atoms with E-state index < -0.39 is 11.6 Å². The molecule has 0 fully saturated rings. The molecule has 104 valence electrons. The minimum absolute atomic E-state index is 0.109. The molecule has 1 N–H and O–H groups in total. The van der Waals surface area contributed by atoms with Crippen LogP contribution in [0, 0.1) is 22.3 Å². The predicted octanol–water partition coefficient (Wildman–Crippen LogP) is 4.97. The Morgan fingerprint density at radius 2 is 2.00 bits per heavy atom. The van der Waals surface area contributed by atoms with E-state index in [1.54, 1.807) is 0 Å². The largest absolute Gasteiger partial charge is 0.328 e. The van der Waals surface area contributed by atoms with Crippen LogP contribution in [0.2, 0.25) is 0 Å². The lowest BCUT2D eigenvalue weighted by Gasteiger charge is -2.18. The Kier molecular flexibility index (Phi) is 4.04. The van der Waals surface area contributed by atoms with Crippen molar-refractivity contribution in [2.24, 2.45) is 5.92 Å². The van der Waals surface area contributed by atoms with Gasteiger partial charge in [0.15, 0.2) is 10.6 Å². The summed E-state index contributed by atoms with van der Waals surface area (Å²) in [6, 6.07) is 2.31. The molecule has 0 bridgehead atoms. The number of rotatable bonds is 4. The fourth-order valence-corrected chi connectivity index (χ4v) is 2.82. The van der Waals surface area contributed by atoms with Gasteiger partial charge >= 0.3 is 0 Å². The number of benzene rings is 1. The van der Waals surface area contributed by atoms with Crippen LogP contribution in [0.15, 0.2) is 12.1 Å². The standard InChI is InChI=1S/C14H18F2N2S/c1-4-8(2)5-9(3)18-12-7-10(15)6-11(16)13(12)17-14(18)19/h6-9H,4-5H2,1-3H3,(H,17,19). The molecule has 2 atom stereocenters. The Balaban J connectivity index is 2.54. The molecule has 0 radical (unpaired) electrons. The fourth-order valence-electron chi connectivity index (χ4n) is 2.44. The van der Waals surface area contributed by atoms with Crippen molar-refractivity contribution in [3.05, 3.63) is 28.5 Å². The molecule has 0 spiro atoms. The predicted molar refractivity (Wildman–Crippen MR) is 75.8 cm³/mol. The zero-order valence-corrected chi connectivity index (χ0v) is 12.2. The smallest absolute Gasteiger partial charge is 0.178 e. The Morgan fingerprint density at radius 3 is 2.63 bits per heavy atom. The van der Waals surface area contributed by atoms with Crippen LogP contribution in [0.3, 0.4) is 0 Å². The van der Waals surface area contributed by atoms with Crippen LogP contribution < -0.4 is 0 Å². The number of imidazole rings is 1. The summed E-state index contributed by atoms with van der Waals surface area (Å²) in [6.45, 7) is 6.32. The number of fused-ring (bicyclic) bond motifs is 1. The lowest BCUT2D eigenvalue weighted by atomic mass is 10.0. The van der Waals surface area contributed by atoms with Crippen molar-refractivity contribution in [3.63, 3.8) is 0 Å². The lowest BCUT2D eigenvalue weighted by Crippen LogP contribution is -2.09. The summed E-state index contributed by atoms with van der Waals surface area (Å²) >= 11 is 5.24. The Bertz CT molecular complexity index is 645. The van der Waals surface area contributed by atoms with Gasteiger partial charge in [-0.05, 0) is 37.5 Å². The number of halogens is 2. The second-order valence-electron chi connectivity index (χ2n) is 5.18. The maximum Gasteiger partial charge on any atom is 0.178 e. The lowest BCUT2D eigenvalue weighted by molar-refractivity contribution is 0.402. The number of aromatic nitrogens is 2. The Morgan fingerprint density at radius 1 is 1.32 bits per heavy atom. The third-order valence-electron chi connectivity index (χ3n) is 3.63. The van der Waals surface area contributed by atoms with Crippen LogP contribution >= 0.6 is 12.2 Å². The quantitative estimate of drug-likeness (QED) is 0.786. The molecule has 2 aromatic rings. The van der Waals surface area contributed by atoms with Gasteiger partial charge in [-0.25, -0.2) is 8.78 Å². The maximum absolute atomic E-state index is 13.7. The number of hydrogen-bond donors (Lipinski definition) is 1. The molecule has 1 heterocycles. The van der Waals surface area contributed by atoms with E-state index in [2.05, 4.69) is 18.8 Å². The first-order valence-electron chi connectivity index (χ1n) is 6.53. The second kappa shape index (κ2) is 5.41. The van der Waals surface area contributed by atoms with E-state index in [9.17, 15) is 8.78 Å². The number of nitrogens with zero attached hydrogens (tertiary/aromatic N) is 1. The van der Waals surface area contributed by atoms with Crippen molar-refractivity contribution in [1.82, 2.24) is 9.55 Å². The van der Waals surface area contributed by atoms with E-state index in [1.807, 2.05) is 11.5 Å². The fraction of sp³-hybridized carbons (Fsp3) is 0.500. The zero-order chi connectivity index (χ0) is 14.2. The third kappa shape index (κ3) is 2.71. The first kappa shape index (κ1) is 14.2. The molecule has 0 amide bonds. The Hall–Kier alpha value is -1.23. The molecule has 2 nitrogen and oxygen atoms in total. The summed E-state index contributed by atoms with van der Waals surface area (Å²) in [5.74, 6) is -0.640. The van der Waals surface area contributed by atoms with Crippen LogP contribution in [0.4, 0.5) is 8.78 Å². The van der Waals surface area contributed by atoms with Crippen LogP contribution in [-0.4, -0.2) is 9.55 Å². The molecule has 0 aliphatic carbocycles. The van der Waals surface area contributed by atoms with Crippen LogP contribution in [0.25, 0.3) is 11.0 Å². The number of aromatic amines is 1. The highest BCUT2D eigenvalue weighted by Gasteiger charge is 2.16. The summed E-state index contributed by atoms with van der Waals surface area (Å²) in [5, 5.41) is 0. The molecule has 1 aromatic heterocycles. The summed E-state index contributed by atoms with van der Waals surface area (Å²) in [6.07, 6.45) is 2.00. The zero-order valence-electron chi connectivity index (χ0n) is 11.3. The summed E-state index contributed by atoms with van der Waals surface area (Å²) in [5.41, 5.74) is 0.778. The van der Waals surface area contributed by atoms with Gasteiger partial charge in [-0.1, -0.05) is 20.3 Å². The van der Waals surface area contributed by atoms with Crippen molar-refractivity contribution in [2.75, 3.05) is 0 Å². The average molecular weight is 284 g/mol. The molecule has 0 aliphatic rings. The topological polar surface area (TPSA) is 20.7 Å². The van der Waals surface area contributed by atoms with Crippen molar-refractivity contribution in [1.29, 1.82) is 0 Å². The van der Waals surface area contributed by atoms with E-state index in [0.717, 1.165) is 18.9 Å². The molecular formula is C14H18F2N2S. The van der Waals surface area contributed by atoms with Crippen LogP contribution in [-0.2, 0) is 0 Å². The minimum atomic E-state index is -0.601. The average Bonchev–Trinajstić information content (AvgIpc) is 2.65. The van der Waals surface area contributed by atoms with Crippen LogP contribution in [0.1, 0.15) is 39.7 Å². The highest BCUT2D eigenvalue weighted by Crippen LogP contribution is 2.26. The molecular weight excluding hydrogens is 266 g/mol. The first-order chi connectivity index (χ1) is 8.93. The molecule has 19 heavy (non-hydrogen) atoms. The van der Waals surface area contributed by atoms with E-state index >= 15 is 0 Å². The van der Waals surface area contributed by atoms with Gasteiger partial charge in [-0.3, -0.25) is 0 Å². The van der Waals surface area contributed by atoms with E-state index in [1.165, 1.54) is 6.07 Å². The van der Waals surface area contributed by atoms with E-state index in [4.69, 9.17) is 12.2 Å². The van der Waals surface area contributed by atoms with Gasteiger partial charge in [0.1, 0.15) is 11.3 Å². The van der Waals surface area contributed by atoms with Gasteiger partial charge in [-0.2, -0.15) is 0 Å².